The Morgan fingerprint density at radius 3 is 2.92 bits per heavy atom. The molecule has 1 amide bonds. The second-order valence-electron chi connectivity index (χ2n) is 6.77. The number of nitrogens with one attached hydrogen (secondary N) is 1. The first-order chi connectivity index (χ1) is 12.7. The molecule has 0 unspecified atom stereocenters. The van der Waals surface area contributed by atoms with Crippen molar-refractivity contribution in [1.29, 1.82) is 0 Å². The van der Waals surface area contributed by atoms with Crippen molar-refractivity contribution in [3.8, 4) is 17.2 Å². The lowest BCUT2D eigenvalue weighted by molar-refractivity contribution is -0.127. The fraction of sp³-hybridized carbons (Fsp3) is 0.381. The van der Waals surface area contributed by atoms with Crippen LogP contribution in [0.4, 0.5) is 0 Å². The van der Waals surface area contributed by atoms with E-state index in [1.165, 1.54) is 24.0 Å². The maximum Gasteiger partial charge on any atom is 0.261 e. The average molecular weight is 353 g/mol. The van der Waals surface area contributed by atoms with Crippen LogP contribution in [-0.2, 0) is 24.2 Å². The van der Waals surface area contributed by atoms with Crippen molar-refractivity contribution < 1.29 is 19.0 Å². The molecule has 0 saturated heterocycles. The zero-order valence-corrected chi connectivity index (χ0v) is 14.9. The van der Waals surface area contributed by atoms with Crippen molar-refractivity contribution in [2.24, 2.45) is 0 Å². The van der Waals surface area contributed by atoms with Gasteiger partial charge in [0, 0.05) is 6.54 Å². The molecule has 1 aliphatic carbocycles. The van der Waals surface area contributed by atoms with Crippen molar-refractivity contribution >= 4 is 5.91 Å². The van der Waals surface area contributed by atoms with Gasteiger partial charge in [0.2, 0.25) is 6.79 Å². The number of ether oxygens (including phenoxy) is 3. The molecule has 0 radical (unpaired) electrons. The topological polar surface area (TPSA) is 56.8 Å². The van der Waals surface area contributed by atoms with Gasteiger partial charge in [-0.05, 0) is 67.5 Å². The molecular formula is C21H23NO4. The number of fused-ring (bicyclic) bond motifs is 2. The SMILES string of the molecule is C[C@@H](Oc1cccc2c1CCCC2)C(=O)NCc1ccc2c(c1)OCO2. The fourth-order valence-corrected chi connectivity index (χ4v) is 3.48. The summed E-state index contributed by atoms with van der Waals surface area (Å²) in [5, 5.41) is 2.93. The van der Waals surface area contributed by atoms with Crippen LogP contribution in [0.5, 0.6) is 17.2 Å². The Balaban J connectivity index is 1.36. The van der Waals surface area contributed by atoms with Gasteiger partial charge >= 0.3 is 0 Å². The molecule has 1 atom stereocenters. The van der Waals surface area contributed by atoms with E-state index in [1.807, 2.05) is 30.3 Å². The number of hydrogen-bond acceptors (Lipinski definition) is 4. The molecule has 0 spiro atoms. The second-order valence-corrected chi connectivity index (χ2v) is 6.77. The maximum absolute atomic E-state index is 12.4. The Morgan fingerprint density at radius 2 is 2.00 bits per heavy atom. The van der Waals surface area contributed by atoms with E-state index in [-0.39, 0.29) is 12.7 Å². The van der Waals surface area contributed by atoms with E-state index in [9.17, 15) is 4.79 Å². The first-order valence-electron chi connectivity index (χ1n) is 9.14. The number of carbonyl (C=O) groups is 1. The number of hydrogen-bond donors (Lipinski definition) is 1. The summed E-state index contributed by atoms with van der Waals surface area (Å²) in [5.74, 6) is 2.17. The molecule has 2 aromatic rings. The van der Waals surface area contributed by atoms with Gasteiger partial charge in [0.25, 0.3) is 5.91 Å². The third kappa shape index (κ3) is 3.47. The van der Waals surface area contributed by atoms with Gasteiger partial charge in [-0.2, -0.15) is 0 Å². The lowest BCUT2D eigenvalue weighted by Gasteiger charge is -2.22. The molecule has 0 bridgehead atoms. The summed E-state index contributed by atoms with van der Waals surface area (Å²) >= 11 is 0. The van der Waals surface area contributed by atoms with Crippen LogP contribution in [0.3, 0.4) is 0 Å². The predicted molar refractivity (Wildman–Crippen MR) is 97.6 cm³/mol. The molecule has 0 fully saturated rings. The van der Waals surface area contributed by atoms with Gasteiger partial charge in [-0.25, -0.2) is 0 Å². The highest BCUT2D eigenvalue weighted by molar-refractivity contribution is 5.80. The standard InChI is InChI=1S/C21H23NO4/c1-14(26-18-8-4-6-16-5-2-3-7-17(16)18)21(23)22-12-15-9-10-19-20(11-15)25-13-24-19/h4,6,8-11,14H,2-3,5,7,12-13H2,1H3,(H,22,23)/t14-/m1/s1. The number of aryl methyl sites for hydroxylation is 1. The van der Waals surface area contributed by atoms with Crippen molar-refractivity contribution in [3.63, 3.8) is 0 Å². The van der Waals surface area contributed by atoms with Gasteiger partial charge in [-0.15, -0.1) is 0 Å². The van der Waals surface area contributed by atoms with Crippen LogP contribution in [0, 0.1) is 0 Å². The van der Waals surface area contributed by atoms with Gasteiger partial charge < -0.3 is 19.5 Å². The molecule has 26 heavy (non-hydrogen) atoms. The van der Waals surface area contributed by atoms with Crippen LogP contribution in [0.2, 0.25) is 0 Å². The minimum Gasteiger partial charge on any atom is -0.481 e. The van der Waals surface area contributed by atoms with E-state index in [1.54, 1.807) is 6.92 Å². The van der Waals surface area contributed by atoms with Crippen LogP contribution >= 0.6 is 0 Å². The molecule has 2 aliphatic rings. The van der Waals surface area contributed by atoms with E-state index in [0.717, 1.165) is 35.7 Å². The van der Waals surface area contributed by atoms with Gasteiger partial charge in [0.15, 0.2) is 17.6 Å². The largest absolute Gasteiger partial charge is 0.481 e. The molecule has 1 aliphatic heterocycles. The molecule has 1 heterocycles. The summed E-state index contributed by atoms with van der Waals surface area (Å²) in [7, 11) is 0. The zero-order valence-electron chi connectivity index (χ0n) is 14.9. The smallest absolute Gasteiger partial charge is 0.261 e. The highest BCUT2D eigenvalue weighted by Crippen LogP contribution is 2.32. The zero-order chi connectivity index (χ0) is 17.9. The Hall–Kier alpha value is -2.69. The maximum atomic E-state index is 12.4. The van der Waals surface area contributed by atoms with Crippen molar-refractivity contribution in [2.75, 3.05) is 6.79 Å². The summed E-state index contributed by atoms with van der Waals surface area (Å²) < 4.78 is 16.6. The third-order valence-corrected chi connectivity index (χ3v) is 4.93. The molecule has 4 rings (SSSR count). The van der Waals surface area contributed by atoms with Crippen LogP contribution < -0.4 is 19.5 Å². The van der Waals surface area contributed by atoms with Crippen LogP contribution in [0.1, 0.15) is 36.5 Å². The lowest BCUT2D eigenvalue weighted by atomic mass is 9.91. The highest BCUT2D eigenvalue weighted by Gasteiger charge is 2.19. The van der Waals surface area contributed by atoms with E-state index < -0.39 is 6.10 Å². The van der Waals surface area contributed by atoms with E-state index in [2.05, 4.69) is 11.4 Å². The second kappa shape index (κ2) is 7.28. The lowest BCUT2D eigenvalue weighted by Crippen LogP contribution is -2.36. The van der Waals surface area contributed by atoms with E-state index >= 15 is 0 Å². The Morgan fingerprint density at radius 1 is 1.15 bits per heavy atom. The molecule has 5 heteroatoms. The fourth-order valence-electron chi connectivity index (χ4n) is 3.48. The van der Waals surface area contributed by atoms with Crippen molar-refractivity contribution in [1.82, 2.24) is 5.32 Å². The molecule has 136 valence electrons. The average Bonchev–Trinajstić information content (AvgIpc) is 3.14. The van der Waals surface area contributed by atoms with Gasteiger partial charge in [-0.1, -0.05) is 18.2 Å². The number of amides is 1. The quantitative estimate of drug-likeness (QED) is 0.895. The molecule has 0 aromatic heterocycles. The van der Waals surface area contributed by atoms with Crippen LogP contribution in [-0.4, -0.2) is 18.8 Å². The summed E-state index contributed by atoms with van der Waals surface area (Å²) in [5.41, 5.74) is 3.57. The van der Waals surface area contributed by atoms with Crippen molar-refractivity contribution in [2.45, 2.75) is 45.3 Å². The van der Waals surface area contributed by atoms with Gasteiger partial charge in [-0.3, -0.25) is 4.79 Å². The van der Waals surface area contributed by atoms with Gasteiger partial charge in [0.05, 0.1) is 0 Å². The Labute approximate surface area is 153 Å². The van der Waals surface area contributed by atoms with Crippen molar-refractivity contribution in [3.05, 3.63) is 53.1 Å². The monoisotopic (exact) mass is 353 g/mol. The molecule has 5 nitrogen and oxygen atoms in total. The summed E-state index contributed by atoms with van der Waals surface area (Å²) in [4.78, 5) is 12.4. The third-order valence-electron chi connectivity index (χ3n) is 4.93. The summed E-state index contributed by atoms with van der Waals surface area (Å²) in [6.07, 6.45) is 3.98. The first kappa shape index (κ1) is 16.8. The molecule has 0 saturated carbocycles. The minimum atomic E-state index is -0.544. The normalized spacial score (nSPS) is 15.9. The summed E-state index contributed by atoms with van der Waals surface area (Å²) in [6.45, 7) is 2.46. The molecule has 2 aromatic carbocycles. The van der Waals surface area contributed by atoms with Crippen LogP contribution in [0.15, 0.2) is 36.4 Å². The Bertz CT molecular complexity index is 818. The summed E-state index contributed by atoms with van der Waals surface area (Å²) in [6, 6.07) is 11.8. The molecule has 1 N–H and O–H groups in total. The predicted octanol–water partition coefficient (Wildman–Crippen LogP) is 3.38. The molecular weight excluding hydrogens is 330 g/mol. The Kier molecular flexibility index (Phi) is 4.69. The highest BCUT2D eigenvalue weighted by atomic mass is 16.7. The van der Waals surface area contributed by atoms with Gasteiger partial charge in [0.1, 0.15) is 5.75 Å². The van der Waals surface area contributed by atoms with E-state index in [0.29, 0.717) is 6.54 Å². The number of rotatable bonds is 5. The van der Waals surface area contributed by atoms with Crippen LogP contribution in [0.25, 0.3) is 0 Å². The number of carbonyl (C=O) groups excluding carboxylic acids is 1. The first-order valence-corrected chi connectivity index (χ1v) is 9.14. The van der Waals surface area contributed by atoms with E-state index in [4.69, 9.17) is 14.2 Å². The minimum absolute atomic E-state index is 0.129. The number of benzene rings is 2.